The summed E-state index contributed by atoms with van der Waals surface area (Å²) < 4.78 is 0. The Bertz CT molecular complexity index is 1180. The summed E-state index contributed by atoms with van der Waals surface area (Å²) in [6.07, 6.45) is 5.42. The molecule has 1 heterocycles. The van der Waals surface area contributed by atoms with E-state index in [1.54, 1.807) is 12.3 Å². The molecular weight excluding hydrogens is 444 g/mol. The molecule has 1 fully saturated rings. The number of hydrogen-bond donors (Lipinski definition) is 2. The van der Waals surface area contributed by atoms with Gasteiger partial charge in [-0.2, -0.15) is 10.2 Å². The molecule has 1 amide bonds. The molecule has 7 nitrogen and oxygen atoms in total. The first-order valence-corrected chi connectivity index (χ1v) is 12.2. The molecule has 8 heteroatoms. The average molecular weight is 473 g/mol. The molecule has 0 radical (unpaired) electrons. The smallest absolute Gasteiger partial charge is 0.252 e. The van der Waals surface area contributed by atoms with E-state index in [2.05, 4.69) is 26.7 Å². The molecular formula is C26H28N6OS. The summed E-state index contributed by atoms with van der Waals surface area (Å²) in [5.74, 6) is 1.44. The summed E-state index contributed by atoms with van der Waals surface area (Å²) in [4.78, 5) is 25.6. The first-order chi connectivity index (χ1) is 16.5. The Hall–Kier alpha value is -3.57. The Balaban J connectivity index is 1.35. The zero-order chi connectivity index (χ0) is 23.9. The van der Waals surface area contributed by atoms with E-state index in [-0.39, 0.29) is 18.0 Å². The zero-order valence-corrected chi connectivity index (χ0v) is 20.2. The molecule has 1 aliphatic carbocycles. The van der Waals surface area contributed by atoms with Crippen LogP contribution in [0.5, 0.6) is 0 Å². The molecule has 174 valence electrons. The fourth-order valence-corrected chi connectivity index (χ4v) is 5.03. The molecule has 1 saturated carbocycles. The minimum absolute atomic E-state index is 0.0732. The lowest BCUT2D eigenvalue weighted by atomic mass is 9.91. The summed E-state index contributed by atoms with van der Waals surface area (Å²) in [6.45, 7) is 0. The van der Waals surface area contributed by atoms with Crippen LogP contribution < -0.4 is 15.5 Å². The SMILES string of the molecule is CN(C)c1ccnc(N[C@H]2CC[C@@H](NC(=O)c3ccccc3Sc3ccccc3C#N)CC2)n1. The molecule has 34 heavy (non-hydrogen) atoms. The number of nitriles is 1. The molecule has 3 aromatic rings. The van der Waals surface area contributed by atoms with Crippen molar-refractivity contribution in [1.29, 1.82) is 5.26 Å². The van der Waals surface area contributed by atoms with Crippen molar-refractivity contribution >= 4 is 29.4 Å². The summed E-state index contributed by atoms with van der Waals surface area (Å²) in [7, 11) is 3.91. The normalized spacial score (nSPS) is 17.4. The van der Waals surface area contributed by atoms with E-state index in [9.17, 15) is 10.1 Å². The number of carbonyl (C=O) groups is 1. The van der Waals surface area contributed by atoms with Gasteiger partial charge in [0.2, 0.25) is 5.95 Å². The molecule has 0 aliphatic heterocycles. The number of carbonyl (C=O) groups excluding carboxylic acids is 1. The first-order valence-electron chi connectivity index (χ1n) is 11.4. The number of amides is 1. The van der Waals surface area contributed by atoms with Crippen LogP contribution in [0.2, 0.25) is 0 Å². The van der Waals surface area contributed by atoms with Gasteiger partial charge in [0, 0.05) is 42.2 Å². The van der Waals surface area contributed by atoms with Crippen LogP contribution in [-0.2, 0) is 0 Å². The Morgan fingerprint density at radius 3 is 2.41 bits per heavy atom. The quantitative estimate of drug-likeness (QED) is 0.514. The summed E-state index contributed by atoms with van der Waals surface area (Å²) >= 11 is 1.45. The van der Waals surface area contributed by atoms with Crippen molar-refractivity contribution in [2.24, 2.45) is 0 Å². The highest BCUT2D eigenvalue weighted by Gasteiger charge is 2.24. The molecule has 4 rings (SSSR count). The topological polar surface area (TPSA) is 93.9 Å². The minimum atomic E-state index is -0.0732. The van der Waals surface area contributed by atoms with Gasteiger partial charge in [0.1, 0.15) is 11.9 Å². The number of nitrogens with one attached hydrogen (secondary N) is 2. The van der Waals surface area contributed by atoms with E-state index in [0.717, 1.165) is 41.3 Å². The first kappa shape index (κ1) is 23.6. The molecule has 1 aromatic heterocycles. The highest BCUT2D eigenvalue weighted by Crippen LogP contribution is 2.33. The van der Waals surface area contributed by atoms with Crippen LogP contribution in [-0.4, -0.2) is 42.1 Å². The molecule has 0 bridgehead atoms. The largest absolute Gasteiger partial charge is 0.363 e. The number of anilines is 2. The van der Waals surface area contributed by atoms with Gasteiger partial charge in [-0.05, 0) is 56.0 Å². The molecule has 1 aliphatic rings. The van der Waals surface area contributed by atoms with Crippen molar-refractivity contribution < 1.29 is 4.79 Å². The monoisotopic (exact) mass is 472 g/mol. The number of rotatable bonds is 7. The number of aromatic nitrogens is 2. The second kappa shape index (κ2) is 11.0. The molecule has 0 unspecified atom stereocenters. The summed E-state index contributed by atoms with van der Waals surface area (Å²) in [5, 5.41) is 16.0. The predicted molar refractivity (Wildman–Crippen MR) is 135 cm³/mol. The van der Waals surface area contributed by atoms with Gasteiger partial charge in [-0.15, -0.1) is 0 Å². The standard InChI is InChI=1S/C26H28N6OS/c1-32(2)24-15-16-28-26(31-24)30-20-13-11-19(12-14-20)29-25(33)21-8-4-6-10-23(21)34-22-9-5-3-7-18(22)17-27/h3-10,15-16,19-20H,11-14H2,1-2H3,(H,29,33)(H,28,30,31)/t19-,20+. The van der Waals surface area contributed by atoms with Crippen molar-refractivity contribution in [3.8, 4) is 6.07 Å². The van der Waals surface area contributed by atoms with Gasteiger partial charge in [0.15, 0.2) is 0 Å². The van der Waals surface area contributed by atoms with Crippen molar-refractivity contribution in [3.63, 3.8) is 0 Å². The van der Waals surface area contributed by atoms with Crippen molar-refractivity contribution in [2.45, 2.75) is 47.6 Å². The van der Waals surface area contributed by atoms with Crippen molar-refractivity contribution in [1.82, 2.24) is 15.3 Å². The van der Waals surface area contributed by atoms with Crippen LogP contribution >= 0.6 is 11.8 Å². The lowest BCUT2D eigenvalue weighted by molar-refractivity contribution is 0.0923. The molecule has 2 N–H and O–H groups in total. The third-order valence-electron chi connectivity index (χ3n) is 5.85. The van der Waals surface area contributed by atoms with Gasteiger partial charge in [-0.1, -0.05) is 36.0 Å². The van der Waals surface area contributed by atoms with Gasteiger partial charge in [-0.25, -0.2) is 4.98 Å². The van der Waals surface area contributed by atoms with Gasteiger partial charge in [0.05, 0.1) is 11.1 Å². The van der Waals surface area contributed by atoms with E-state index >= 15 is 0 Å². The fraction of sp³-hybridized carbons (Fsp3) is 0.308. The Morgan fingerprint density at radius 1 is 1.00 bits per heavy atom. The van der Waals surface area contributed by atoms with Crippen molar-refractivity contribution in [3.05, 3.63) is 71.9 Å². The zero-order valence-electron chi connectivity index (χ0n) is 19.4. The molecule has 0 saturated heterocycles. The van der Waals surface area contributed by atoms with Gasteiger partial charge in [-0.3, -0.25) is 4.79 Å². The Morgan fingerprint density at radius 2 is 1.68 bits per heavy atom. The second-order valence-corrected chi connectivity index (χ2v) is 9.59. The fourth-order valence-electron chi connectivity index (χ4n) is 4.01. The summed E-state index contributed by atoms with van der Waals surface area (Å²) in [5.41, 5.74) is 1.24. The van der Waals surface area contributed by atoms with Crippen LogP contribution in [0.25, 0.3) is 0 Å². The van der Waals surface area contributed by atoms with Crippen molar-refractivity contribution in [2.75, 3.05) is 24.3 Å². The minimum Gasteiger partial charge on any atom is -0.363 e. The molecule has 2 aromatic carbocycles. The van der Waals surface area contributed by atoms with Gasteiger partial charge in [0.25, 0.3) is 5.91 Å². The molecule has 0 atom stereocenters. The third kappa shape index (κ3) is 5.86. The Kier molecular flexibility index (Phi) is 7.65. The van der Waals surface area contributed by atoms with E-state index in [0.29, 0.717) is 17.1 Å². The van der Waals surface area contributed by atoms with Crippen LogP contribution in [0.15, 0.2) is 70.6 Å². The highest BCUT2D eigenvalue weighted by molar-refractivity contribution is 7.99. The lowest BCUT2D eigenvalue weighted by Crippen LogP contribution is -2.40. The van der Waals surface area contributed by atoms with Gasteiger partial charge >= 0.3 is 0 Å². The second-order valence-electron chi connectivity index (χ2n) is 8.51. The van der Waals surface area contributed by atoms with E-state index in [1.807, 2.05) is 67.5 Å². The Labute approximate surface area is 204 Å². The third-order valence-corrected chi connectivity index (χ3v) is 7.01. The molecule has 0 spiro atoms. The van der Waals surface area contributed by atoms with E-state index in [1.165, 1.54) is 11.8 Å². The van der Waals surface area contributed by atoms with Crippen LogP contribution in [0, 0.1) is 11.3 Å². The van der Waals surface area contributed by atoms with Crippen LogP contribution in [0.3, 0.4) is 0 Å². The number of benzene rings is 2. The maximum atomic E-state index is 13.1. The van der Waals surface area contributed by atoms with Gasteiger partial charge < -0.3 is 15.5 Å². The van der Waals surface area contributed by atoms with E-state index in [4.69, 9.17) is 0 Å². The lowest BCUT2D eigenvalue weighted by Gasteiger charge is -2.30. The maximum absolute atomic E-state index is 13.1. The maximum Gasteiger partial charge on any atom is 0.252 e. The highest BCUT2D eigenvalue weighted by atomic mass is 32.2. The average Bonchev–Trinajstić information content (AvgIpc) is 2.86. The number of hydrogen-bond acceptors (Lipinski definition) is 7. The number of nitrogens with zero attached hydrogens (tertiary/aromatic N) is 4. The van der Waals surface area contributed by atoms with Crippen LogP contribution in [0.1, 0.15) is 41.6 Å². The predicted octanol–water partition coefficient (Wildman–Crippen LogP) is 4.72. The van der Waals surface area contributed by atoms with E-state index < -0.39 is 0 Å². The summed E-state index contributed by atoms with van der Waals surface area (Å²) in [6, 6.07) is 19.5. The van der Waals surface area contributed by atoms with Crippen LogP contribution in [0.4, 0.5) is 11.8 Å².